The average Bonchev–Trinajstić information content (AvgIpc) is 2.04. The Morgan fingerprint density at radius 1 is 1.45 bits per heavy atom. The Morgan fingerprint density at radius 3 is 2.64 bits per heavy atom. The van der Waals surface area contributed by atoms with Gasteiger partial charge in [-0.05, 0) is 12.1 Å². The highest BCUT2D eigenvalue weighted by Crippen LogP contribution is 2.10. The van der Waals surface area contributed by atoms with Crippen LogP contribution in [0.3, 0.4) is 0 Å². The molecule has 1 aromatic rings. The van der Waals surface area contributed by atoms with E-state index in [-0.39, 0.29) is 5.56 Å². The number of anilines is 1. The summed E-state index contributed by atoms with van der Waals surface area (Å²) in [6, 6.07) is 6.43. The highest BCUT2D eigenvalue weighted by atomic mass is 19.1. The van der Waals surface area contributed by atoms with Gasteiger partial charge in [-0.1, -0.05) is 12.1 Å². The van der Waals surface area contributed by atoms with E-state index >= 15 is 0 Å². The lowest BCUT2D eigenvalue weighted by Crippen LogP contribution is -2.04. The predicted molar refractivity (Wildman–Crippen MR) is 41.2 cm³/mol. The highest BCUT2D eigenvalue weighted by molar-refractivity contribution is 6.01. The molecule has 2 nitrogen and oxygen atoms in total. The minimum atomic E-state index is -0.992. The molecule has 0 aliphatic rings. The molecule has 0 aromatic heterocycles. The second kappa shape index (κ2) is 3.14. The molecule has 0 radical (unpaired) electrons. The van der Waals surface area contributed by atoms with E-state index < -0.39 is 12.5 Å². The summed E-state index contributed by atoms with van der Waals surface area (Å²) >= 11 is 0. The summed E-state index contributed by atoms with van der Waals surface area (Å²) in [5, 5.41) is 0. The Hall–Kier alpha value is -1.38. The number of hydrogen-bond donors (Lipinski definition) is 1. The largest absolute Gasteiger partial charge is 0.398 e. The summed E-state index contributed by atoms with van der Waals surface area (Å²) in [5.41, 5.74) is 6.00. The fourth-order valence-corrected chi connectivity index (χ4v) is 0.823. The van der Waals surface area contributed by atoms with E-state index in [9.17, 15) is 9.18 Å². The number of halogens is 1. The number of Topliss-reactive ketones (excluding diaryl/α,β-unsaturated/α-hetero) is 1. The molecule has 0 bridgehead atoms. The number of nitrogens with two attached hydrogens (primary N) is 1. The van der Waals surface area contributed by atoms with Gasteiger partial charge in [0.15, 0.2) is 12.5 Å². The van der Waals surface area contributed by atoms with Gasteiger partial charge in [0, 0.05) is 11.3 Å². The number of hydrogen-bond acceptors (Lipinski definition) is 2. The lowest BCUT2D eigenvalue weighted by atomic mass is 10.1. The molecule has 0 spiro atoms. The van der Waals surface area contributed by atoms with Crippen LogP contribution in [-0.2, 0) is 0 Å². The van der Waals surface area contributed by atoms with Crippen molar-refractivity contribution in [3.63, 3.8) is 0 Å². The van der Waals surface area contributed by atoms with Crippen molar-refractivity contribution in [3.05, 3.63) is 29.8 Å². The number of rotatable bonds is 2. The molecule has 1 rings (SSSR count). The minimum Gasteiger partial charge on any atom is -0.398 e. The van der Waals surface area contributed by atoms with Gasteiger partial charge in [0.1, 0.15) is 0 Å². The van der Waals surface area contributed by atoms with E-state index in [1.54, 1.807) is 18.2 Å². The Labute approximate surface area is 63.8 Å². The second-order valence-electron chi connectivity index (χ2n) is 2.14. The van der Waals surface area contributed by atoms with E-state index in [1.807, 2.05) is 0 Å². The molecular weight excluding hydrogens is 145 g/mol. The predicted octanol–water partition coefficient (Wildman–Crippen LogP) is 1.42. The van der Waals surface area contributed by atoms with Crippen LogP contribution in [0.1, 0.15) is 10.4 Å². The van der Waals surface area contributed by atoms with Gasteiger partial charge in [0.25, 0.3) is 0 Å². The van der Waals surface area contributed by atoms with Crippen LogP contribution < -0.4 is 5.73 Å². The summed E-state index contributed by atoms with van der Waals surface area (Å²) < 4.78 is 11.8. The van der Waals surface area contributed by atoms with Gasteiger partial charge in [-0.25, -0.2) is 4.39 Å². The molecule has 2 N–H and O–H groups in total. The van der Waals surface area contributed by atoms with E-state index in [0.717, 1.165) is 0 Å². The molecule has 0 amide bonds. The second-order valence-corrected chi connectivity index (χ2v) is 2.14. The number of nitrogen functional groups attached to an aromatic ring is 1. The lowest BCUT2D eigenvalue weighted by molar-refractivity contribution is 0.0959. The zero-order chi connectivity index (χ0) is 8.27. The minimum absolute atomic E-state index is 0.259. The van der Waals surface area contributed by atoms with E-state index in [2.05, 4.69) is 0 Å². The number of benzene rings is 1. The molecule has 3 heteroatoms. The van der Waals surface area contributed by atoms with Crippen molar-refractivity contribution in [1.82, 2.24) is 0 Å². The van der Waals surface area contributed by atoms with Crippen LogP contribution in [0, 0.1) is 0 Å². The van der Waals surface area contributed by atoms with Gasteiger partial charge in [0.2, 0.25) is 0 Å². The molecule has 1 aromatic carbocycles. The fourth-order valence-electron chi connectivity index (χ4n) is 0.823. The summed E-state index contributed by atoms with van der Waals surface area (Å²) in [7, 11) is 0. The maximum Gasteiger partial charge on any atom is 0.195 e. The van der Waals surface area contributed by atoms with Crippen molar-refractivity contribution >= 4 is 11.5 Å². The molecule has 58 valence electrons. The molecule has 0 saturated heterocycles. The number of carbonyl (C=O) groups excluding carboxylic acids is 1. The number of carbonyl (C=O) groups is 1. The Balaban J connectivity index is 3.03. The first-order valence-electron chi connectivity index (χ1n) is 3.19. The topological polar surface area (TPSA) is 43.1 Å². The molecule has 0 aliphatic carbocycles. The molecule has 0 heterocycles. The van der Waals surface area contributed by atoms with Crippen molar-refractivity contribution in [2.45, 2.75) is 0 Å². The van der Waals surface area contributed by atoms with Crippen LogP contribution >= 0.6 is 0 Å². The summed E-state index contributed by atoms with van der Waals surface area (Å²) in [5.74, 6) is -0.567. The van der Waals surface area contributed by atoms with Crippen LogP contribution in [0.4, 0.5) is 10.1 Å². The van der Waals surface area contributed by atoms with Crippen molar-refractivity contribution in [1.29, 1.82) is 0 Å². The van der Waals surface area contributed by atoms with Gasteiger partial charge in [-0.3, -0.25) is 4.79 Å². The van der Waals surface area contributed by atoms with E-state index in [1.165, 1.54) is 6.07 Å². The average molecular weight is 153 g/mol. The van der Waals surface area contributed by atoms with Crippen LogP contribution in [0.15, 0.2) is 24.3 Å². The zero-order valence-electron chi connectivity index (χ0n) is 5.88. The van der Waals surface area contributed by atoms with Crippen LogP contribution in [0.25, 0.3) is 0 Å². The lowest BCUT2D eigenvalue weighted by Gasteiger charge is -1.99. The molecule has 0 atom stereocenters. The molecular formula is C8H8FNO. The first kappa shape index (κ1) is 7.72. The van der Waals surface area contributed by atoms with Crippen LogP contribution in [0.2, 0.25) is 0 Å². The molecule has 11 heavy (non-hydrogen) atoms. The summed E-state index contributed by atoms with van der Waals surface area (Å²) in [6.07, 6.45) is 0. The normalized spacial score (nSPS) is 9.55. The molecule has 0 unspecified atom stereocenters. The third kappa shape index (κ3) is 1.55. The van der Waals surface area contributed by atoms with Gasteiger partial charge in [-0.15, -0.1) is 0 Å². The molecule has 0 saturated carbocycles. The Morgan fingerprint density at radius 2 is 2.09 bits per heavy atom. The highest BCUT2D eigenvalue weighted by Gasteiger charge is 2.06. The van der Waals surface area contributed by atoms with Gasteiger partial charge in [-0.2, -0.15) is 0 Å². The van der Waals surface area contributed by atoms with Crippen molar-refractivity contribution in [2.75, 3.05) is 12.4 Å². The summed E-state index contributed by atoms with van der Waals surface area (Å²) in [6.45, 7) is -0.992. The van der Waals surface area contributed by atoms with Gasteiger partial charge in [0.05, 0.1) is 0 Å². The molecule has 0 fully saturated rings. The summed E-state index contributed by atoms with van der Waals surface area (Å²) in [4.78, 5) is 10.8. The quantitative estimate of drug-likeness (QED) is 0.515. The maximum atomic E-state index is 11.8. The monoisotopic (exact) mass is 153 g/mol. The van der Waals surface area contributed by atoms with E-state index in [4.69, 9.17) is 5.73 Å². The first-order chi connectivity index (χ1) is 5.25. The van der Waals surface area contributed by atoms with Gasteiger partial charge < -0.3 is 5.73 Å². The number of para-hydroxylation sites is 1. The SMILES string of the molecule is Nc1ccccc1C(=O)CF. The van der Waals surface area contributed by atoms with Crippen LogP contribution in [0.5, 0.6) is 0 Å². The van der Waals surface area contributed by atoms with Crippen molar-refractivity contribution < 1.29 is 9.18 Å². The number of ketones is 1. The third-order valence-corrected chi connectivity index (χ3v) is 1.38. The Bertz CT molecular complexity index is 273. The maximum absolute atomic E-state index is 11.8. The Kier molecular flexibility index (Phi) is 2.21. The first-order valence-corrected chi connectivity index (χ1v) is 3.19. The molecule has 0 aliphatic heterocycles. The van der Waals surface area contributed by atoms with E-state index in [0.29, 0.717) is 5.69 Å². The van der Waals surface area contributed by atoms with Crippen molar-refractivity contribution in [2.24, 2.45) is 0 Å². The van der Waals surface area contributed by atoms with Crippen molar-refractivity contribution in [3.8, 4) is 0 Å². The van der Waals surface area contributed by atoms with Gasteiger partial charge >= 0.3 is 0 Å². The number of alkyl halides is 1. The zero-order valence-corrected chi connectivity index (χ0v) is 5.88. The fraction of sp³-hybridized carbons (Fsp3) is 0.125. The smallest absolute Gasteiger partial charge is 0.195 e. The standard InChI is InChI=1S/C8H8FNO/c9-5-8(11)6-3-1-2-4-7(6)10/h1-4H,5,10H2. The van der Waals surface area contributed by atoms with Crippen LogP contribution in [-0.4, -0.2) is 12.5 Å². The third-order valence-electron chi connectivity index (χ3n) is 1.38.